The number of nitrogens with zero attached hydrogens (tertiary/aromatic N) is 4. The second kappa shape index (κ2) is 9.01. The maximum absolute atomic E-state index is 13.2. The fourth-order valence-corrected chi connectivity index (χ4v) is 4.44. The minimum Gasteiger partial charge on any atom is -0.318 e. The van der Waals surface area contributed by atoms with Gasteiger partial charge in [0.1, 0.15) is 0 Å². The summed E-state index contributed by atoms with van der Waals surface area (Å²) in [5, 5.41) is 11.3. The summed E-state index contributed by atoms with van der Waals surface area (Å²) in [4.78, 5) is 16.4. The lowest BCUT2D eigenvalue weighted by atomic mass is 10.2. The van der Waals surface area contributed by atoms with Crippen LogP contribution in [0.1, 0.15) is 18.7 Å². The van der Waals surface area contributed by atoms with Crippen molar-refractivity contribution in [3.8, 4) is 0 Å². The SMILES string of the molecule is C=CCn1c(SCc2cccs2)nnc(N(c2ccccc2)C(C)C)c1=O. The average molecular weight is 399 g/mol. The van der Waals surface area contributed by atoms with Crippen molar-refractivity contribution in [2.75, 3.05) is 4.90 Å². The molecule has 0 saturated heterocycles. The largest absolute Gasteiger partial charge is 0.318 e. The van der Waals surface area contributed by atoms with Crippen LogP contribution in [0.3, 0.4) is 0 Å². The van der Waals surface area contributed by atoms with Gasteiger partial charge < -0.3 is 4.90 Å². The van der Waals surface area contributed by atoms with Gasteiger partial charge in [0.25, 0.3) is 5.56 Å². The summed E-state index contributed by atoms with van der Waals surface area (Å²) in [5.41, 5.74) is 0.763. The Labute approximate surface area is 167 Å². The number of thiophene rings is 1. The van der Waals surface area contributed by atoms with Crippen molar-refractivity contribution in [3.63, 3.8) is 0 Å². The molecule has 0 N–H and O–H groups in total. The van der Waals surface area contributed by atoms with E-state index >= 15 is 0 Å². The third-order valence-electron chi connectivity index (χ3n) is 3.91. The van der Waals surface area contributed by atoms with Gasteiger partial charge in [-0.1, -0.05) is 42.1 Å². The molecule has 140 valence electrons. The third kappa shape index (κ3) is 4.48. The van der Waals surface area contributed by atoms with Gasteiger partial charge in [-0.25, -0.2) is 0 Å². The number of benzene rings is 1. The number of hydrogen-bond donors (Lipinski definition) is 0. The van der Waals surface area contributed by atoms with Crippen LogP contribution in [0.15, 0.2) is 70.5 Å². The first-order valence-electron chi connectivity index (χ1n) is 8.69. The highest BCUT2D eigenvalue weighted by molar-refractivity contribution is 7.98. The second-order valence-corrected chi connectivity index (χ2v) is 8.15. The summed E-state index contributed by atoms with van der Waals surface area (Å²) in [6.45, 7) is 8.25. The fraction of sp³-hybridized carbons (Fsp3) is 0.250. The lowest BCUT2D eigenvalue weighted by Gasteiger charge is -2.27. The quantitative estimate of drug-likeness (QED) is 0.406. The fourth-order valence-electron chi connectivity index (χ4n) is 2.73. The Bertz CT molecular complexity index is 936. The van der Waals surface area contributed by atoms with Crippen molar-refractivity contribution < 1.29 is 0 Å². The molecule has 0 saturated carbocycles. The Balaban J connectivity index is 1.99. The number of thioether (sulfide) groups is 1. The molecule has 2 aromatic heterocycles. The highest BCUT2D eigenvalue weighted by Gasteiger charge is 2.21. The minimum atomic E-state index is -0.156. The van der Waals surface area contributed by atoms with Crippen molar-refractivity contribution in [3.05, 3.63) is 75.7 Å². The molecule has 2 heterocycles. The van der Waals surface area contributed by atoms with E-state index in [1.807, 2.05) is 60.5 Å². The summed E-state index contributed by atoms with van der Waals surface area (Å²) >= 11 is 3.21. The summed E-state index contributed by atoms with van der Waals surface area (Å²) in [7, 11) is 0. The highest BCUT2D eigenvalue weighted by atomic mass is 32.2. The van der Waals surface area contributed by atoms with E-state index in [0.29, 0.717) is 17.5 Å². The summed E-state index contributed by atoms with van der Waals surface area (Å²) in [5.74, 6) is 1.09. The predicted molar refractivity (Wildman–Crippen MR) is 114 cm³/mol. The van der Waals surface area contributed by atoms with Gasteiger partial charge in [-0.2, -0.15) is 0 Å². The standard InChI is InChI=1S/C20H22N4OS2/c1-4-12-23-19(25)18(24(15(2)3)16-9-6-5-7-10-16)21-22-20(23)27-14-17-11-8-13-26-17/h4-11,13,15H,1,12,14H2,2-3H3. The van der Waals surface area contributed by atoms with Crippen LogP contribution < -0.4 is 10.5 Å². The minimum absolute atomic E-state index is 0.0659. The molecule has 1 aromatic carbocycles. The molecule has 5 nitrogen and oxygen atoms in total. The van der Waals surface area contributed by atoms with Crippen LogP contribution >= 0.6 is 23.1 Å². The van der Waals surface area contributed by atoms with Crippen molar-refractivity contribution in [1.29, 1.82) is 0 Å². The van der Waals surface area contributed by atoms with Gasteiger partial charge in [0.05, 0.1) is 0 Å². The Morgan fingerprint density at radius 3 is 2.63 bits per heavy atom. The molecule has 0 unspecified atom stereocenters. The van der Waals surface area contributed by atoms with E-state index in [0.717, 1.165) is 11.4 Å². The van der Waals surface area contributed by atoms with Gasteiger partial charge >= 0.3 is 0 Å². The monoisotopic (exact) mass is 398 g/mol. The van der Waals surface area contributed by atoms with E-state index in [2.05, 4.69) is 22.8 Å². The predicted octanol–water partition coefficient (Wildman–Crippen LogP) is 4.72. The molecule has 0 aliphatic carbocycles. The molecule has 0 amide bonds. The molecule has 0 fully saturated rings. The maximum atomic E-state index is 13.2. The smallest absolute Gasteiger partial charge is 0.298 e. The Morgan fingerprint density at radius 2 is 2.00 bits per heavy atom. The van der Waals surface area contributed by atoms with Crippen LogP contribution in [0.4, 0.5) is 11.5 Å². The van der Waals surface area contributed by atoms with Crippen LogP contribution in [-0.2, 0) is 12.3 Å². The third-order valence-corrected chi connectivity index (χ3v) is 5.99. The van der Waals surface area contributed by atoms with Gasteiger partial charge in [-0.05, 0) is 37.4 Å². The van der Waals surface area contributed by atoms with E-state index in [4.69, 9.17) is 0 Å². The van der Waals surface area contributed by atoms with Crippen LogP contribution in [-0.4, -0.2) is 20.8 Å². The number of para-hydroxylation sites is 1. The number of hydrogen-bond acceptors (Lipinski definition) is 6. The van der Waals surface area contributed by atoms with Crippen LogP contribution in [0.5, 0.6) is 0 Å². The number of allylic oxidation sites excluding steroid dienone is 1. The van der Waals surface area contributed by atoms with Crippen LogP contribution in [0.2, 0.25) is 0 Å². The highest BCUT2D eigenvalue weighted by Crippen LogP contribution is 2.26. The van der Waals surface area contributed by atoms with Gasteiger partial charge in [-0.15, -0.1) is 28.1 Å². The summed E-state index contributed by atoms with van der Waals surface area (Å²) < 4.78 is 1.64. The lowest BCUT2D eigenvalue weighted by molar-refractivity contribution is 0.610. The zero-order valence-corrected chi connectivity index (χ0v) is 17.0. The van der Waals surface area contributed by atoms with Crippen molar-refractivity contribution >= 4 is 34.6 Å². The molecular weight excluding hydrogens is 376 g/mol. The van der Waals surface area contributed by atoms with E-state index in [1.54, 1.807) is 22.0 Å². The Kier molecular flexibility index (Phi) is 6.47. The molecule has 0 radical (unpaired) electrons. The normalized spacial score (nSPS) is 10.9. The topological polar surface area (TPSA) is 51.0 Å². The summed E-state index contributed by atoms with van der Waals surface area (Å²) in [6.07, 6.45) is 1.71. The molecule has 0 bridgehead atoms. The van der Waals surface area contributed by atoms with E-state index < -0.39 is 0 Å². The zero-order valence-electron chi connectivity index (χ0n) is 15.4. The van der Waals surface area contributed by atoms with Gasteiger partial charge in [0.15, 0.2) is 5.16 Å². The van der Waals surface area contributed by atoms with Gasteiger partial charge in [-0.3, -0.25) is 9.36 Å². The molecule has 3 rings (SSSR count). The molecule has 0 aliphatic heterocycles. The van der Waals surface area contributed by atoms with Crippen LogP contribution in [0, 0.1) is 0 Å². The molecule has 0 atom stereocenters. The molecule has 0 spiro atoms. The van der Waals surface area contributed by atoms with Crippen LogP contribution in [0.25, 0.3) is 0 Å². The Morgan fingerprint density at radius 1 is 1.22 bits per heavy atom. The molecule has 7 heteroatoms. The maximum Gasteiger partial charge on any atom is 0.298 e. The van der Waals surface area contributed by atoms with Crippen molar-refractivity contribution in [1.82, 2.24) is 14.8 Å². The lowest BCUT2D eigenvalue weighted by Crippen LogP contribution is -2.36. The van der Waals surface area contributed by atoms with Gasteiger partial charge in [0, 0.05) is 28.9 Å². The Hall–Kier alpha value is -2.38. The zero-order chi connectivity index (χ0) is 19.2. The molecular formula is C20H22N4OS2. The number of rotatable bonds is 8. The average Bonchev–Trinajstić information content (AvgIpc) is 3.18. The first-order valence-corrected chi connectivity index (χ1v) is 10.6. The molecule has 3 aromatic rings. The van der Waals surface area contributed by atoms with Crippen molar-refractivity contribution in [2.24, 2.45) is 0 Å². The van der Waals surface area contributed by atoms with E-state index in [9.17, 15) is 4.79 Å². The number of anilines is 2. The summed E-state index contributed by atoms with van der Waals surface area (Å²) in [6, 6.07) is 14.0. The number of aromatic nitrogens is 3. The van der Waals surface area contributed by atoms with Gasteiger partial charge in [0.2, 0.25) is 5.82 Å². The van der Waals surface area contributed by atoms with E-state index in [-0.39, 0.29) is 11.6 Å². The second-order valence-electron chi connectivity index (χ2n) is 6.18. The molecule has 27 heavy (non-hydrogen) atoms. The first-order chi connectivity index (χ1) is 13.1. The van der Waals surface area contributed by atoms with E-state index in [1.165, 1.54) is 16.6 Å². The first kappa shape index (κ1) is 19.4. The molecule has 0 aliphatic rings. The van der Waals surface area contributed by atoms with Crippen molar-refractivity contribution in [2.45, 2.75) is 37.3 Å².